The highest BCUT2D eigenvalue weighted by atomic mass is 16.6. The summed E-state index contributed by atoms with van der Waals surface area (Å²) in [6, 6.07) is 26.6. The van der Waals surface area contributed by atoms with E-state index in [1.165, 1.54) is 6.20 Å². The SMILES string of the molecule is O=[N+]([O-])c1cn2c(n1)OC[C@@H](OCc1ccc(-c3cccc(OCc4ccccc4)c3)cc1)C2. The van der Waals surface area contributed by atoms with Gasteiger partial charge in [-0.2, -0.15) is 0 Å². The highest BCUT2D eigenvalue weighted by Gasteiger charge is 2.28. The van der Waals surface area contributed by atoms with Crippen LogP contribution in [0.4, 0.5) is 5.82 Å². The van der Waals surface area contributed by atoms with Crippen molar-refractivity contribution in [2.45, 2.75) is 25.9 Å². The van der Waals surface area contributed by atoms with E-state index in [1.54, 1.807) is 4.57 Å². The van der Waals surface area contributed by atoms with Crippen LogP contribution < -0.4 is 9.47 Å². The minimum absolute atomic E-state index is 0.209. The molecule has 0 bridgehead atoms. The van der Waals surface area contributed by atoms with Gasteiger partial charge in [-0.05, 0) is 39.3 Å². The smallest absolute Gasteiger partial charge is 0.414 e. The van der Waals surface area contributed by atoms with E-state index in [2.05, 4.69) is 23.2 Å². The van der Waals surface area contributed by atoms with Gasteiger partial charge in [0.2, 0.25) is 0 Å². The molecule has 0 aliphatic carbocycles. The molecule has 5 rings (SSSR count). The number of nitro groups is 1. The molecule has 1 atom stereocenters. The van der Waals surface area contributed by atoms with Crippen molar-refractivity contribution < 1.29 is 19.1 Å². The molecule has 4 aromatic rings. The fraction of sp³-hybridized carbons (Fsp3) is 0.192. The van der Waals surface area contributed by atoms with E-state index in [9.17, 15) is 10.1 Å². The topological polar surface area (TPSA) is 88.7 Å². The first kappa shape index (κ1) is 21.7. The fourth-order valence-corrected chi connectivity index (χ4v) is 3.77. The van der Waals surface area contributed by atoms with E-state index in [0.29, 0.717) is 26.4 Å². The third-order valence-electron chi connectivity index (χ3n) is 5.57. The highest BCUT2D eigenvalue weighted by molar-refractivity contribution is 5.65. The van der Waals surface area contributed by atoms with Gasteiger partial charge in [0.25, 0.3) is 0 Å². The van der Waals surface area contributed by atoms with Crippen LogP contribution in [0, 0.1) is 10.1 Å². The number of fused-ring (bicyclic) bond motifs is 1. The van der Waals surface area contributed by atoms with Crippen molar-refractivity contribution in [3.05, 3.63) is 106 Å². The molecule has 8 heteroatoms. The van der Waals surface area contributed by atoms with Gasteiger partial charge in [-0.1, -0.05) is 66.7 Å². The Morgan fingerprint density at radius 2 is 1.76 bits per heavy atom. The number of imidazole rings is 1. The molecule has 0 N–H and O–H groups in total. The van der Waals surface area contributed by atoms with E-state index in [-0.39, 0.29) is 17.9 Å². The van der Waals surface area contributed by atoms with Gasteiger partial charge < -0.3 is 24.3 Å². The zero-order valence-corrected chi connectivity index (χ0v) is 18.4. The van der Waals surface area contributed by atoms with E-state index >= 15 is 0 Å². The molecule has 0 radical (unpaired) electrons. The molecule has 2 heterocycles. The summed E-state index contributed by atoms with van der Waals surface area (Å²) in [4.78, 5) is 14.2. The molecule has 1 aliphatic heterocycles. The summed E-state index contributed by atoms with van der Waals surface area (Å²) in [6.07, 6.45) is 1.16. The van der Waals surface area contributed by atoms with Crippen LogP contribution in [0.3, 0.4) is 0 Å². The van der Waals surface area contributed by atoms with Crippen LogP contribution in [0.25, 0.3) is 11.1 Å². The first-order chi connectivity index (χ1) is 16.6. The summed E-state index contributed by atoms with van der Waals surface area (Å²) >= 11 is 0. The van der Waals surface area contributed by atoms with Crippen molar-refractivity contribution >= 4 is 5.82 Å². The lowest BCUT2D eigenvalue weighted by Gasteiger charge is -2.22. The summed E-state index contributed by atoms with van der Waals surface area (Å²) < 4.78 is 19.0. The van der Waals surface area contributed by atoms with Gasteiger partial charge in [-0.3, -0.25) is 4.57 Å². The number of hydrogen-bond donors (Lipinski definition) is 0. The summed E-state index contributed by atoms with van der Waals surface area (Å²) in [5.41, 5.74) is 4.32. The average Bonchev–Trinajstić information content (AvgIpc) is 3.31. The predicted octanol–water partition coefficient (Wildman–Crippen LogP) is 5.02. The molecule has 0 saturated heterocycles. The van der Waals surface area contributed by atoms with Crippen molar-refractivity contribution in [2.75, 3.05) is 6.61 Å². The molecule has 0 amide bonds. The molecule has 1 aromatic heterocycles. The number of nitrogens with zero attached hydrogens (tertiary/aromatic N) is 3. The predicted molar refractivity (Wildman–Crippen MR) is 126 cm³/mol. The van der Waals surface area contributed by atoms with Gasteiger partial charge in [-0.25, -0.2) is 0 Å². The second-order valence-corrected chi connectivity index (χ2v) is 8.03. The zero-order chi connectivity index (χ0) is 23.3. The quantitative estimate of drug-likeness (QED) is 0.273. The van der Waals surface area contributed by atoms with E-state index in [4.69, 9.17) is 14.2 Å². The second-order valence-electron chi connectivity index (χ2n) is 8.03. The van der Waals surface area contributed by atoms with Gasteiger partial charge in [-0.15, -0.1) is 0 Å². The second kappa shape index (κ2) is 9.76. The Balaban J connectivity index is 1.17. The minimum atomic E-state index is -0.531. The Morgan fingerprint density at radius 3 is 2.56 bits per heavy atom. The average molecular weight is 457 g/mol. The molecule has 8 nitrogen and oxygen atoms in total. The van der Waals surface area contributed by atoms with Crippen LogP contribution in [0.5, 0.6) is 11.8 Å². The van der Waals surface area contributed by atoms with Crippen molar-refractivity contribution in [3.8, 4) is 22.9 Å². The van der Waals surface area contributed by atoms with Crippen LogP contribution in [0.1, 0.15) is 11.1 Å². The molecule has 172 valence electrons. The number of hydrogen-bond acceptors (Lipinski definition) is 6. The monoisotopic (exact) mass is 457 g/mol. The molecule has 0 saturated carbocycles. The lowest BCUT2D eigenvalue weighted by atomic mass is 10.0. The first-order valence-corrected chi connectivity index (χ1v) is 11.0. The molecular weight excluding hydrogens is 434 g/mol. The lowest BCUT2D eigenvalue weighted by molar-refractivity contribution is -0.389. The molecule has 3 aromatic carbocycles. The van der Waals surface area contributed by atoms with Crippen molar-refractivity contribution in [1.29, 1.82) is 0 Å². The van der Waals surface area contributed by atoms with Crippen LogP contribution in [0.15, 0.2) is 85.1 Å². The summed E-state index contributed by atoms with van der Waals surface area (Å²) in [7, 11) is 0. The van der Waals surface area contributed by atoms with Crippen molar-refractivity contribution in [3.63, 3.8) is 0 Å². The van der Waals surface area contributed by atoms with Crippen molar-refractivity contribution in [1.82, 2.24) is 9.55 Å². The Kier molecular flexibility index (Phi) is 6.22. The van der Waals surface area contributed by atoms with Gasteiger partial charge >= 0.3 is 11.8 Å². The maximum absolute atomic E-state index is 10.9. The number of benzene rings is 3. The third kappa shape index (κ3) is 5.07. The number of ether oxygens (including phenoxy) is 3. The Hall–Kier alpha value is -4.17. The molecule has 0 unspecified atom stereocenters. The lowest BCUT2D eigenvalue weighted by Crippen LogP contribution is -2.32. The molecule has 34 heavy (non-hydrogen) atoms. The molecule has 0 spiro atoms. The zero-order valence-electron chi connectivity index (χ0n) is 18.4. The van der Waals surface area contributed by atoms with E-state index in [0.717, 1.165) is 28.0 Å². The Labute approximate surface area is 196 Å². The number of rotatable bonds is 8. The standard InChI is InChI=1S/C26H23N3O5/c30-29(31)25-15-28-14-24(18-34-26(28)27-25)33-17-20-9-11-21(12-10-20)22-7-4-8-23(13-22)32-16-19-5-2-1-3-6-19/h1-13,15,24H,14,16-18H2/t24-/m0/s1. The van der Waals surface area contributed by atoms with E-state index in [1.807, 2.05) is 60.7 Å². The maximum atomic E-state index is 10.9. The molecule has 1 aliphatic rings. The maximum Gasteiger partial charge on any atom is 0.414 e. The van der Waals surface area contributed by atoms with Gasteiger partial charge in [0.15, 0.2) is 0 Å². The summed E-state index contributed by atoms with van der Waals surface area (Å²) in [5, 5.41) is 10.9. The summed E-state index contributed by atoms with van der Waals surface area (Å²) in [5.74, 6) is 0.603. The van der Waals surface area contributed by atoms with Crippen molar-refractivity contribution in [2.24, 2.45) is 0 Å². The van der Waals surface area contributed by atoms with E-state index < -0.39 is 4.92 Å². The summed E-state index contributed by atoms with van der Waals surface area (Å²) in [6.45, 7) is 1.71. The fourth-order valence-electron chi connectivity index (χ4n) is 3.77. The third-order valence-corrected chi connectivity index (χ3v) is 5.57. The highest BCUT2D eigenvalue weighted by Crippen LogP contribution is 2.26. The normalized spacial score (nSPS) is 14.8. The van der Waals surface area contributed by atoms with Gasteiger partial charge in [0, 0.05) is 4.98 Å². The largest absolute Gasteiger partial charge is 0.489 e. The van der Waals surface area contributed by atoms with Gasteiger partial charge in [0.05, 0.1) is 13.2 Å². The molecule has 0 fully saturated rings. The first-order valence-electron chi connectivity index (χ1n) is 11.0. The number of aromatic nitrogens is 2. The van der Waals surface area contributed by atoms with Crippen LogP contribution >= 0.6 is 0 Å². The minimum Gasteiger partial charge on any atom is -0.489 e. The van der Waals surface area contributed by atoms with Crippen LogP contribution in [-0.4, -0.2) is 27.2 Å². The molecular formula is C26H23N3O5. The van der Waals surface area contributed by atoms with Crippen LogP contribution in [-0.2, 0) is 24.5 Å². The van der Waals surface area contributed by atoms with Gasteiger partial charge in [0.1, 0.15) is 31.3 Å². The Morgan fingerprint density at radius 1 is 0.971 bits per heavy atom. The Bertz CT molecular complexity index is 1270. The van der Waals surface area contributed by atoms with Crippen LogP contribution in [0.2, 0.25) is 0 Å².